The lowest BCUT2D eigenvalue weighted by atomic mass is 10.2. The van der Waals surface area contributed by atoms with E-state index in [9.17, 15) is 8.42 Å². The standard InChI is InChI=1S/C9H12O4S/c1-2-13-9(14(10,11)12)8-6-4-3-5-7-8/h3-7,9H,2H2,1H3,(H,10,11,12). The Hall–Kier alpha value is -0.910. The fourth-order valence-corrected chi connectivity index (χ4v) is 1.92. The molecule has 1 aromatic carbocycles. The van der Waals surface area contributed by atoms with E-state index in [1.807, 2.05) is 0 Å². The highest BCUT2D eigenvalue weighted by Crippen LogP contribution is 2.22. The van der Waals surface area contributed by atoms with Crippen LogP contribution in [0.1, 0.15) is 17.9 Å². The van der Waals surface area contributed by atoms with Crippen molar-refractivity contribution in [2.75, 3.05) is 6.61 Å². The largest absolute Gasteiger partial charge is 0.356 e. The molecule has 5 heteroatoms. The summed E-state index contributed by atoms with van der Waals surface area (Å²) in [6, 6.07) is 8.32. The highest BCUT2D eigenvalue weighted by molar-refractivity contribution is 7.85. The Labute approximate surface area is 83.3 Å². The number of rotatable bonds is 4. The third-order valence-electron chi connectivity index (χ3n) is 1.66. The van der Waals surface area contributed by atoms with Gasteiger partial charge in [0.25, 0.3) is 10.1 Å². The first-order valence-corrected chi connectivity index (χ1v) is 5.69. The molecule has 1 aromatic rings. The van der Waals surface area contributed by atoms with E-state index in [0.29, 0.717) is 5.56 Å². The van der Waals surface area contributed by atoms with Crippen molar-refractivity contribution in [3.05, 3.63) is 35.9 Å². The molecule has 78 valence electrons. The number of hydrogen-bond acceptors (Lipinski definition) is 3. The van der Waals surface area contributed by atoms with Crippen molar-refractivity contribution in [1.29, 1.82) is 0 Å². The molecule has 0 aliphatic rings. The van der Waals surface area contributed by atoms with Crippen molar-refractivity contribution in [2.24, 2.45) is 0 Å². The maximum Gasteiger partial charge on any atom is 0.296 e. The summed E-state index contributed by atoms with van der Waals surface area (Å²) in [5.74, 6) is 0. The average molecular weight is 216 g/mol. The summed E-state index contributed by atoms with van der Waals surface area (Å²) in [5, 5.41) is 0. The molecule has 1 unspecified atom stereocenters. The topological polar surface area (TPSA) is 63.6 Å². The first kappa shape index (κ1) is 11.2. The van der Waals surface area contributed by atoms with Crippen LogP contribution in [-0.4, -0.2) is 19.6 Å². The van der Waals surface area contributed by atoms with Gasteiger partial charge in [-0.1, -0.05) is 30.3 Å². The van der Waals surface area contributed by atoms with E-state index in [1.54, 1.807) is 37.3 Å². The van der Waals surface area contributed by atoms with E-state index < -0.39 is 15.6 Å². The van der Waals surface area contributed by atoms with Gasteiger partial charge in [0.1, 0.15) is 0 Å². The van der Waals surface area contributed by atoms with Gasteiger partial charge in [-0.3, -0.25) is 4.55 Å². The molecule has 0 aliphatic heterocycles. The lowest BCUT2D eigenvalue weighted by molar-refractivity contribution is 0.111. The van der Waals surface area contributed by atoms with Gasteiger partial charge < -0.3 is 4.74 Å². The van der Waals surface area contributed by atoms with E-state index in [2.05, 4.69) is 0 Å². The van der Waals surface area contributed by atoms with Gasteiger partial charge >= 0.3 is 0 Å². The number of hydrogen-bond donors (Lipinski definition) is 1. The molecular formula is C9H12O4S. The molecule has 0 aromatic heterocycles. The Bertz CT molecular complexity index is 371. The quantitative estimate of drug-likeness (QED) is 0.776. The molecule has 1 N–H and O–H groups in total. The molecule has 0 spiro atoms. The Kier molecular flexibility index (Phi) is 3.62. The smallest absolute Gasteiger partial charge is 0.296 e. The summed E-state index contributed by atoms with van der Waals surface area (Å²) in [4.78, 5) is 0. The minimum absolute atomic E-state index is 0.222. The van der Waals surface area contributed by atoms with E-state index >= 15 is 0 Å². The van der Waals surface area contributed by atoms with Crippen LogP contribution in [0.5, 0.6) is 0 Å². The van der Waals surface area contributed by atoms with Crippen LogP contribution in [0.25, 0.3) is 0 Å². The van der Waals surface area contributed by atoms with Crippen molar-refractivity contribution in [3.8, 4) is 0 Å². The zero-order valence-electron chi connectivity index (χ0n) is 7.75. The lowest BCUT2D eigenvalue weighted by Gasteiger charge is -2.13. The molecule has 0 amide bonds. The fraction of sp³-hybridized carbons (Fsp3) is 0.333. The molecular weight excluding hydrogens is 204 g/mol. The van der Waals surface area contributed by atoms with Crippen molar-refractivity contribution in [3.63, 3.8) is 0 Å². The molecule has 0 radical (unpaired) electrons. The van der Waals surface area contributed by atoms with Gasteiger partial charge in [-0.2, -0.15) is 8.42 Å². The first-order chi connectivity index (χ1) is 6.55. The Morgan fingerprint density at radius 1 is 1.36 bits per heavy atom. The molecule has 0 saturated carbocycles. The molecule has 4 nitrogen and oxygen atoms in total. The Balaban J connectivity index is 3.02. The van der Waals surface area contributed by atoms with Gasteiger partial charge in [0.2, 0.25) is 5.44 Å². The van der Waals surface area contributed by atoms with E-state index in [1.165, 1.54) is 0 Å². The molecule has 14 heavy (non-hydrogen) atoms. The van der Waals surface area contributed by atoms with Crippen LogP contribution in [0.3, 0.4) is 0 Å². The number of ether oxygens (including phenoxy) is 1. The minimum atomic E-state index is -4.20. The normalized spacial score (nSPS) is 13.9. The zero-order chi connectivity index (χ0) is 10.6. The Morgan fingerprint density at radius 3 is 2.36 bits per heavy atom. The van der Waals surface area contributed by atoms with E-state index in [4.69, 9.17) is 9.29 Å². The summed E-state index contributed by atoms with van der Waals surface area (Å²) in [6.45, 7) is 1.89. The molecule has 0 saturated heterocycles. The predicted octanol–water partition coefficient (Wildman–Crippen LogP) is 1.61. The Morgan fingerprint density at radius 2 is 1.93 bits per heavy atom. The summed E-state index contributed by atoms with van der Waals surface area (Å²) in [5.41, 5.74) is -0.856. The van der Waals surface area contributed by atoms with Crippen LogP contribution in [0.4, 0.5) is 0 Å². The van der Waals surface area contributed by atoms with Crippen LogP contribution in [0, 0.1) is 0 Å². The maximum absolute atomic E-state index is 11.0. The van der Waals surface area contributed by atoms with Gasteiger partial charge in [0.05, 0.1) is 0 Å². The van der Waals surface area contributed by atoms with Crippen molar-refractivity contribution < 1.29 is 17.7 Å². The monoisotopic (exact) mass is 216 g/mol. The summed E-state index contributed by atoms with van der Waals surface area (Å²) < 4.78 is 35.8. The van der Waals surface area contributed by atoms with Gasteiger partial charge in [-0.05, 0) is 12.5 Å². The first-order valence-electron chi connectivity index (χ1n) is 4.18. The van der Waals surface area contributed by atoms with Crippen LogP contribution in [-0.2, 0) is 14.9 Å². The predicted molar refractivity (Wildman–Crippen MR) is 52.4 cm³/mol. The molecule has 0 heterocycles. The van der Waals surface area contributed by atoms with Crippen LogP contribution in [0.2, 0.25) is 0 Å². The van der Waals surface area contributed by atoms with Gasteiger partial charge in [0.15, 0.2) is 0 Å². The molecule has 0 fully saturated rings. The SMILES string of the molecule is CCOC(c1ccccc1)S(=O)(=O)O. The summed E-state index contributed by atoms with van der Waals surface area (Å²) in [6.07, 6.45) is 0. The fourth-order valence-electron chi connectivity index (χ4n) is 1.12. The van der Waals surface area contributed by atoms with Crippen molar-refractivity contribution in [1.82, 2.24) is 0 Å². The second-order valence-electron chi connectivity index (χ2n) is 2.71. The van der Waals surface area contributed by atoms with Crippen molar-refractivity contribution >= 4 is 10.1 Å². The third kappa shape index (κ3) is 2.80. The summed E-state index contributed by atoms with van der Waals surface area (Å²) in [7, 11) is -4.20. The van der Waals surface area contributed by atoms with Crippen LogP contribution >= 0.6 is 0 Å². The second kappa shape index (κ2) is 4.54. The number of benzene rings is 1. The second-order valence-corrected chi connectivity index (χ2v) is 4.17. The van der Waals surface area contributed by atoms with Crippen LogP contribution in [0.15, 0.2) is 30.3 Å². The molecule has 1 atom stereocenters. The maximum atomic E-state index is 11.0. The molecule has 1 rings (SSSR count). The third-order valence-corrected chi connectivity index (χ3v) is 2.61. The summed E-state index contributed by atoms with van der Waals surface area (Å²) >= 11 is 0. The lowest BCUT2D eigenvalue weighted by Crippen LogP contribution is -2.15. The molecule has 0 bridgehead atoms. The van der Waals surface area contributed by atoms with Crippen molar-refractivity contribution in [2.45, 2.75) is 12.4 Å². The van der Waals surface area contributed by atoms with E-state index in [0.717, 1.165) is 0 Å². The molecule has 0 aliphatic carbocycles. The zero-order valence-corrected chi connectivity index (χ0v) is 8.57. The van der Waals surface area contributed by atoms with Gasteiger partial charge in [0, 0.05) is 6.61 Å². The minimum Gasteiger partial charge on any atom is -0.356 e. The van der Waals surface area contributed by atoms with Gasteiger partial charge in [-0.15, -0.1) is 0 Å². The van der Waals surface area contributed by atoms with E-state index in [-0.39, 0.29) is 6.61 Å². The average Bonchev–Trinajstić information content (AvgIpc) is 2.14. The highest BCUT2D eigenvalue weighted by atomic mass is 32.2. The highest BCUT2D eigenvalue weighted by Gasteiger charge is 2.24. The van der Waals surface area contributed by atoms with Gasteiger partial charge in [-0.25, -0.2) is 0 Å². The van der Waals surface area contributed by atoms with Crippen LogP contribution < -0.4 is 0 Å².